The molecule has 0 saturated heterocycles. The minimum absolute atomic E-state index is 0.382. The van der Waals surface area contributed by atoms with Gasteiger partial charge in [-0.25, -0.2) is 0 Å². The summed E-state index contributed by atoms with van der Waals surface area (Å²) >= 11 is 0. The number of benzene rings is 1. The third-order valence-corrected chi connectivity index (χ3v) is 7.29. The highest BCUT2D eigenvalue weighted by Gasteiger charge is 2.66. The Hall–Kier alpha value is -0.980. The van der Waals surface area contributed by atoms with Gasteiger partial charge in [-0.15, -0.1) is 0 Å². The summed E-state index contributed by atoms with van der Waals surface area (Å²) in [6, 6.07) is 9.67. The lowest BCUT2D eigenvalue weighted by Crippen LogP contribution is -2.54. The van der Waals surface area contributed by atoms with Gasteiger partial charge < -0.3 is 5.32 Å². The van der Waals surface area contributed by atoms with E-state index in [1.807, 2.05) is 0 Å². The first-order chi connectivity index (χ1) is 9.77. The van der Waals surface area contributed by atoms with Gasteiger partial charge >= 0.3 is 0 Å². The van der Waals surface area contributed by atoms with Crippen molar-refractivity contribution >= 4 is 5.69 Å². The van der Waals surface area contributed by atoms with Crippen molar-refractivity contribution in [1.29, 1.82) is 0 Å². The van der Waals surface area contributed by atoms with E-state index in [2.05, 4.69) is 64.2 Å². The minimum atomic E-state index is 0.382. The van der Waals surface area contributed by atoms with E-state index in [0.29, 0.717) is 22.3 Å². The van der Waals surface area contributed by atoms with Crippen molar-refractivity contribution in [1.82, 2.24) is 0 Å². The van der Waals surface area contributed by atoms with Crippen LogP contribution in [-0.4, -0.2) is 6.04 Å². The SMILES string of the molecule is CC1(C)CCC2c3ccccc3NC3C(C)(C)CC1C23C. The molecule has 1 heterocycles. The molecule has 1 N–H and O–H groups in total. The molecule has 2 saturated carbocycles. The first-order valence-corrected chi connectivity index (χ1v) is 8.62. The highest BCUT2D eigenvalue weighted by atomic mass is 15.0. The molecular weight excluding hydrogens is 254 g/mol. The van der Waals surface area contributed by atoms with Crippen LogP contribution in [0.1, 0.15) is 65.4 Å². The van der Waals surface area contributed by atoms with Crippen molar-refractivity contribution < 1.29 is 0 Å². The molecule has 1 aromatic carbocycles. The molecule has 2 fully saturated rings. The fourth-order valence-corrected chi connectivity index (χ4v) is 6.40. The predicted molar refractivity (Wildman–Crippen MR) is 89.6 cm³/mol. The van der Waals surface area contributed by atoms with Crippen LogP contribution in [0.2, 0.25) is 0 Å². The second kappa shape index (κ2) is 3.86. The standard InChI is InChI=1S/C20H29N/c1-18(2)11-10-14-13-8-6-7-9-15(13)21-17-19(3,4)12-16(18)20(14,17)5/h6-9,14,16-17,21H,10-12H2,1-5H3. The fourth-order valence-electron chi connectivity index (χ4n) is 6.40. The molecule has 0 amide bonds. The van der Waals surface area contributed by atoms with Crippen LogP contribution in [0.25, 0.3) is 0 Å². The normalized spacial score (nSPS) is 41.9. The summed E-state index contributed by atoms with van der Waals surface area (Å²) in [5.74, 6) is 1.56. The zero-order chi connectivity index (χ0) is 15.0. The maximum atomic E-state index is 3.96. The second-order valence-electron chi connectivity index (χ2n) is 9.36. The number of hydrogen-bond acceptors (Lipinski definition) is 1. The first kappa shape index (κ1) is 13.7. The predicted octanol–water partition coefficient (Wildman–Crippen LogP) is 5.44. The Kier molecular flexibility index (Phi) is 2.51. The van der Waals surface area contributed by atoms with Crippen LogP contribution in [0.3, 0.4) is 0 Å². The van der Waals surface area contributed by atoms with E-state index < -0.39 is 0 Å². The molecule has 4 rings (SSSR count). The summed E-state index contributed by atoms with van der Waals surface area (Å²) in [6.07, 6.45) is 4.08. The Bertz CT molecular complexity index is 585. The molecule has 1 heteroatoms. The molecule has 0 aromatic heterocycles. The van der Waals surface area contributed by atoms with E-state index in [4.69, 9.17) is 0 Å². The monoisotopic (exact) mass is 283 g/mol. The third-order valence-electron chi connectivity index (χ3n) is 7.29. The number of fused-ring (bicyclic) bond motifs is 2. The largest absolute Gasteiger partial charge is 0.381 e. The molecule has 1 aliphatic heterocycles. The van der Waals surface area contributed by atoms with Crippen LogP contribution in [0.15, 0.2) is 24.3 Å². The molecule has 3 aliphatic rings. The number of para-hydroxylation sites is 1. The maximum Gasteiger partial charge on any atom is 0.0378 e. The average Bonchev–Trinajstić information content (AvgIpc) is 2.62. The molecule has 2 aliphatic carbocycles. The van der Waals surface area contributed by atoms with E-state index in [-0.39, 0.29) is 0 Å². The summed E-state index contributed by atoms with van der Waals surface area (Å²) in [7, 11) is 0. The van der Waals surface area contributed by atoms with Crippen LogP contribution in [0.5, 0.6) is 0 Å². The van der Waals surface area contributed by atoms with Crippen LogP contribution in [-0.2, 0) is 0 Å². The number of hydrogen-bond donors (Lipinski definition) is 1. The van der Waals surface area contributed by atoms with Gasteiger partial charge in [0, 0.05) is 11.7 Å². The molecule has 1 aromatic rings. The summed E-state index contributed by atoms with van der Waals surface area (Å²) in [4.78, 5) is 0. The molecule has 0 radical (unpaired) electrons. The lowest BCUT2D eigenvalue weighted by atomic mass is 9.50. The molecule has 0 bridgehead atoms. The summed E-state index contributed by atoms with van der Waals surface area (Å²) < 4.78 is 0. The number of rotatable bonds is 0. The van der Waals surface area contributed by atoms with E-state index >= 15 is 0 Å². The molecular formula is C20H29N. The molecule has 114 valence electrons. The van der Waals surface area contributed by atoms with Gasteiger partial charge in [0.15, 0.2) is 0 Å². The number of nitrogens with one attached hydrogen (secondary N) is 1. The number of anilines is 1. The van der Waals surface area contributed by atoms with Crippen molar-refractivity contribution in [3.8, 4) is 0 Å². The van der Waals surface area contributed by atoms with E-state index in [1.54, 1.807) is 5.56 Å². The Morgan fingerprint density at radius 1 is 1.00 bits per heavy atom. The first-order valence-electron chi connectivity index (χ1n) is 8.62. The van der Waals surface area contributed by atoms with Gasteiger partial charge in [0.25, 0.3) is 0 Å². The van der Waals surface area contributed by atoms with Crippen LogP contribution in [0, 0.1) is 22.2 Å². The van der Waals surface area contributed by atoms with Gasteiger partial charge in [0.2, 0.25) is 0 Å². The van der Waals surface area contributed by atoms with Crippen molar-refractivity contribution in [3.63, 3.8) is 0 Å². The van der Waals surface area contributed by atoms with Gasteiger partial charge in [-0.1, -0.05) is 52.8 Å². The molecule has 21 heavy (non-hydrogen) atoms. The van der Waals surface area contributed by atoms with Crippen molar-refractivity contribution in [2.45, 2.75) is 65.8 Å². The minimum Gasteiger partial charge on any atom is -0.381 e. The molecule has 4 atom stereocenters. The Labute approximate surface area is 129 Å². The van der Waals surface area contributed by atoms with Gasteiger partial charge in [-0.05, 0) is 59.0 Å². The molecule has 1 nitrogen and oxygen atoms in total. The topological polar surface area (TPSA) is 12.0 Å². The van der Waals surface area contributed by atoms with Crippen LogP contribution < -0.4 is 5.32 Å². The zero-order valence-electron chi connectivity index (χ0n) is 14.2. The molecule has 0 spiro atoms. The highest BCUT2D eigenvalue weighted by Crippen LogP contribution is 2.70. The van der Waals surface area contributed by atoms with E-state index in [0.717, 1.165) is 11.8 Å². The Balaban J connectivity index is 1.92. The lowest BCUT2D eigenvalue weighted by molar-refractivity contribution is -0.00131. The van der Waals surface area contributed by atoms with Gasteiger partial charge in [0.05, 0.1) is 0 Å². The zero-order valence-corrected chi connectivity index (χ0v) is 14.2. The van der Waals surface area contributed by atoms with Crippen molar-refractivity contribution in [2.24, 2.45) is 22.2 Å². The summed E-state index contributed by atoms with van der Waals surface area (Å²) in [6.45, 7) is 12.6. The summed E-state index contributed by atoms with van der Waals surface area (Å²) in [5, 5.41) is 3.96. The summed E-state index contributed by atoms with van der Waals surface area (Å²) in [5.41, 5.74) is 4.24. The average molecular weight is 283 g/mol. The second-order valence-corrected chi connectivity index (χ2v) is 9.36. The van der Waals surface area contributed by atoms with Crippen LogP contribution >= 0.6 is 0 Å². The quantitative estimate of drug-likeness (QED) is 0.669. The van der Waals surface area contributed by atoms with E-state index in [9.17, 15) is 0 Å². The maximum absolute atomic E-state index is 3.96. The smallest absolute Gasteiger partial charge is 0.0378 e. The Morgan fingerprint density at radius 2 is 1.71 bits per heavy atom. The lowest BCUT2D eigenvalue weighted by Gasteiger charge is -2.57. The van der Waals surface area contributed by atoms with Crippen LogP contribution in [0.4, 0.5) is 5.69 Å². The van der Waals surface area contributed by atoms with Crippen molar-refractivity contribution in [2.75, 3.05) is 5.32 Å². The van der Waals surface area contributed by atoms with Gasteiger partial charge in [0.1, 0.15) is 0 Å². The highest BCUT2D eigenvalue weighted by molar-refractivity contribution is 5.59. The molecule has 4 unspecified atom stereocenters. The Morgan fingerprint density at radius 3 is 2.48 bits per heavy atom. The van der Waals surface area contributed by atoms with Crippen molar-refractivity contribution in [3.05, 3.63) is 29.8 Å². The van der Waals surface area contributed by atoms with E-state index in [1.165, 1.54) is 24.9 Å². The third kappa shape index (κ3) is 1.58. The van der Waals surface area contributed by atoms with Gasteiger partial charge in [-0.2, -0.15) is 0 Å². The fraction of sp³-hybridized carbons (Fsp3) is 0.700. The van der Waals surface area contributed by atoms with Gasteiger partial charge in [-0.3, -0.25) is 0 Å².